The molecule has 0 aromatic carbocycles. The highest BCUT2D eigenvalue weighted by Gasteiger charge is 2.39. The molecule has 0 aliphatic carbocycles. The Morgan fingerprint density at radius 1 is 1.00 bits per heavy atom. The minimum atomic E-state index is -1.07. The fourth-order valence-corrected chi connectivity index (χ4v) is 3.27. The third-order valence-corrected chi connectivity index (χ3v) is 5.31. The summed E-state index contributed by atoms with van der Waals surface area (Å²) in [6, 6.07) is -0.927. The predicted octanol–water partition coefficient (Wildman–Crippen LogP) is 0.173. The van der Waals surface area contributed by atoms with Crippen LogP contribution in [0.15, 0.2) is 0 Å². The number of amides is 4. The zero-order valence-corrected chi connectivity index (χ0v) is 19.9. The van der Waals surface area contributed by atoms with E-state index in [4.69, 9.17) is 14.6 Å². The van der Waals surface area contributed by atoms with E-state index in [9.17, 15) is 24.0 Å². The van der Waals surface area contributed by atoms with Crippen LogP contribution < -0.4 is 10.6 Å². The van der Waals surface area contributed by atoms with Gasteiger partial charge in [0, 0.05) is 38.3 Å². The molecule has 0 aromatic rings. The number of hydrogen-bond acceptors (Lipinski definition) is 7. The van der Waals surface area contributed by atoms with Crippen molar-refractivity contribution < 1.29 is 38.6 Å². The van der Waals surface area contributed by atoms with Gasteiger partial charge in [0.25, 0.3) is 0 Å². The summed E-state index contributed by atoms with van der Waals surface area (Å²) < 4.78 is 10.6. The first-order valence-corrected chi connectivity index (χ1v) is 11.3. The van der Waals surface area contributed by atoms with Crippen molar-refractivity contribution >= 4 is 29.6 Å². The highest BCUT2D eigenvalue weighted by molar-refractivity contribution is 6.03. The number of carboxylic acid groups (broad SMARTS) is 1. The third-order valence-electron chi connectivity index (χ3n) is 5.31. The first kappa shape index (κ1) is 28.5. The van der Waals surface area contributed by atoms with E-state index in [-0.39, 0.29) is 94.3 Å². The van der Waals surface area contributed by atoms with Crippen molar-refractivity contribution in [3.63, 3.8) is 0 Å². The van der Waals surface area contributed by atoms with Crippen molar-refractivity contribution in [2.24, 2.45) is 17.8 Å². The van der Waals surface area contributed by atoms with Crippen LogP contribution in [0.5, 0.6) is 0 Å². The van der Waals surface area contributed by atoms with Gasteiger partial charge >= 0.3 is 5.97 Å². The average molecular weight is 472 g/mol. The van der Waals surface area contributed by atoms with Gasteiger partial charge in [0.2, 0.25) is 23.6 Å². The Hall–Kier alpha value is -2.53. The fourth-order valence-electron chi connectivity index (χ4n) is 3.27. The zero-order chi connectivity index (χ0) is 25.0. The summed E-state index contributed by atoms with van der Waals surface area (Å²) in [5, 5.41) is 14.2. The lowest BCUT2D eigenvalue weighted by Crippen LogP contribution is -2.44. The van der Waals surface area contributed by atoms with Crippen LogP contribution in [0.25, 0.3) is 0 Å². The van der Waals surface area contributed by atoms with Crippen molar-refractivity contribution in [3.05, 3.63) is 0 Å². The van der Waals surface area contributed by atoms with Crippen LogP contribution in [-0.2, 0) is 33.4 Å². The Bertz CT molecular complexity index is 695. The van der Waals surface area contributed by atoms with Crippen LogP contribution in [0.3, 0.4) is 0 Å². The molecule has 1 heterocycles. The summed E-state index contributed by atoms with van der Waals surface area (Å²) in [6.07, 6.45) is 0.305. The summed E-state index contributed by atoms with van der Waals surface area (Å²) in [5.41, 5.74) is 0. The number of carboxylic acids is 1. The second kappa shape index (κ2) is 14.6. The van der Waals surface area contributed by atoms with Gasteiger partial charge in [-0.3, -0.25) is 24.1 Å². The Labute approximate surface area is 194 Å². The zero-order valence-electron chi connectivity index (χ0n) is 19.9. The molecule has 0 aromatic heterocycles. The quantitative estimate of drug-likeness (QED) is 0.213. The monoisotopic (exact) mass is 471 g/mol. The smallest absolute Gasteiger partial charge is 0.326 e. The van der Waals surface area contributed by atoms with Crippen LogP contribution >= 0.6 is 0 Å². The topological polar surface area (TPSA) is 151 Å². The van der Waals surface area contributed by atoms with Gasteiger partial charge in [0.15, 0.2) is 0 Å². The second-order valence-corrected chi connectivity index (χ2v) is 8.64. The molecule has 33 heavy (non-hydrogen) atoms. The van der Waals surface area contributed by atoms with E-state index in [0.717, 1.165) is 0 Å². The maximum Gasteiger partial charge on any atom is 0.326 e. The molecule has 11 nitrogen and oxygen atoms in total. The normalized spacial score (nSPS) is 17.0. The van der Waals surface area contributed by atoms with E-state index >= 15 is 0 Å². The Morgan fingerprint density at radius 2 is 1.64 bits per heavy atom. The van der Waals surface area contributed by atoms with Gasteiger partial charge in [-0.1, -0.05) is 27.7 Å². The summed E-state index contributed by atoms with van der Waals surface area (Å²) in [4.78, 5) is 60.1. The molecule has 0 radical (unpaired) electrons. The van der Waals surface area contributed by atoms with E-state index in [1.54, 1.807) is 13.8 Å². The minimum Gasteiger partial charge on any atom is -0.480 e. The van der Waals surface area contributed by atoms with Gasteiger partial charge in [-0.2, -0.15) is 0 Å². The van der Waals surface area contributed by atoms with Gasteiger partial charge in [-0.05, 0) is 11.8 Å². The molecule has 1 fully saturated rings. The molecule has 11 heteroatoms. The molecular weight excluding hydrogens is 434 g/mol. The fraction of sp³-hybridized carbons (Fsp3) is 0.773. The SMILES string of the molecule is CC(C)C1CC(=O)N(CCC(=O)NCCOCCOCCC(=O)NC(C(=O)O)C(C)C)C1=O. The molecule has 0 spiro atoms. The van der Waals surface area contributed by atoms with Gasteiger partial charge in [-0.25, -0.2) is 4.79 Å². The standard InChI is InChI=1S/C22H37N3O8/c1-14(2)16-13-19(28)25(21(16)29)8-5-17(26)23-7-10-33-12-11-32-9-6-18(27)24-20(15(3)4)22(30)31/h14-16,20H,5-13H2,1-4H3,(H,23,26)(H,24,27)(H,30,31). The lowest BCUT2D eigenvalue weighted by molar-refractivity contribution is -0.143. The number of rotatable bonds is 16. The van der Waals surface area contributed by atoms with Crippen molar-refractivity contribution in [1.29, 1.82) is 0 Å². The Kier molecular flexibility index (Phi) is 12.6. The number of carbonyl (C=O) groups is 5. The van der Waals surface area contributed by atoms with Gasteiger partial charge in [0.1, 0.15) is 6.04 Å². The lowest BCUT2D eigenvalue weighted by Gasteiger charge is -2.17. The predicted molar refractivity (Wildman–Crippen MR) is 118 cm³/mol. The van der Waals surface area contributed by atoms with Gasteiger partial charge in [-0.15, -0.1) is 0 Å². The first-order valence-electron chi connectivity index (χ1n) is 11.3. The molecule has 3 N–H and O–H groups in total. The molecule has 2 unspecified atom stereocenters. The molecule has 0 bridgehead atoms. The molecule has 1 aliphatic heterocycles. The highest BCUT2D eigenvalue weighted by atomic mass is 16.5. The molecule has 0 saturated carbocycles. The molecule has 1 aliphatic rings. The Balaban J connectivity index is 2.05. The summed E-state index contributed by atoms with van der Waals surface area (Å²) in [5.74, 6) is -2.59. The van der Waals surface area contributed by atoms with Crippen LogP contribution in [-0.4, -0.2) is 85.2 Å². The molecule has 2 atom stereocenters. The summed E-state index contributed by atoms with van der Waals surface area (Å²) >= 11 is 0. The number of hydrogen-bond donors (Lipinski definition) is 3. The molecule has 188 valence electrons. The van der Waals surface area contributed by atoms with E-state index < -0.39 is 17.9 Å². The molecule has 4 amide bonds. The van der Waals surface area contributed by atoms with Crippen LogP contribution in [0.1, 0.15) is 47.0 Å². The van der Waals surface area contributed by atoms with Gasteiger partial charge < -0.3 is 25.2 Å². The van der Waals surface area contributed by atoms with E-state index in [1.165, 1.54) is 4.90 Å². The van der Waals surface area contributed by atoms with Gasteiger partial charge in [0.05, 0.1) is 26.4 Å². The number of carbonyl (C=O) groups excluding carboxylic acids is 4. The van der Waals surface area contributed by atoms with E-state index in [2.05, 4.69) is 10.6 Å². The number of ether oxygens (including phenoxy) is 2. The minimum absolute atomic E-state index is 0.0481. The van der Waals surface area contributed by atoms with E-state index in [1.807, 2.05) is 13.8 Å². The van der Waals surface area contributed by atoms with Crippen molar-refractivity contribution in [2.75, 3.05) is 39.5 Å². The molecule has 1 rings (SSSR count). The summed E-state index contributed by atoms with van der Waals surface area (Å²) in [6.45, 7) is 8.53. The second-order valence-electron chi connectivity index (χ2n) is 8.64. The van der Waals surface area contributed by atoms with Crippen molar-refractivity contribution in [1.82, 2.24) is 15.5 Å². The average Bonchev–Trinajstić information content (AvgIpc) is 3.02. The highest BCUT2D eigenvalue weighted by Crippen LogP contribution is 2.26. The first-order chi connectivity index (χ1) is 15.5. The number of aliphatic carboxylic acids is 1. The lowest BCUT2D eigenvalue weighted by atomic mass is 9.94. The number of nitrogens with zero attached hydrogens (tertiary/aromatic N) is 1. The van der Waals surface area contributed by atoms with Crippen LogP contribution in [0, 0.1) is 17.8 Å². The largest absolute Gasteiger partial charge is 0.480 e. The maximum absolute atomic E-state index is 12.2. The maximum atomic E-state index is 12.2. The van der Waals surface area contributed by atoms with Crippen molar-refractivity contribution in [2.45, 2.75) is 53.0 Å². The van der Waals surface area contributed by atoms with E-state index in [0.29, 0.717) is 0 Å². The number of likely N-dealkylation sites (tertiary alicyclic amines) is 1. The van der Waals surface area contributed by atoms with Crippen LogP contribution in [0.2, 0.25) is 0 Å². The molecular formula is C22H37N3O8. The van der Waals surface area contributed by atoms with Crippen LogP contribution in [0.4, 0.5) is 0 Å². The third kappa shape index (κ3) is 10.3. The summed E-state index contributed by atoms with van der Waals surface area (Å²) in [7, 11) is 0. The number of imide groups is 1. The van der Waals surface area contributed by atoms with Crippen molar-refractivity contribution in [3.8, 4) is 0 Å². The molecule has 1 saturated heterocycles. The number of nitrogens with one attached hydrogen (secondary N) is 2. The Morgan fingerprint density at radius 3 is 2.18 bits per heavy atom.